The molecule has 0 radical (unpaired) electrons. The van der Waals surface area contributed by atoms with Gasteiger partial charge in [-0.15, -0.1) is 0 Å². The minimum atomic E-state index is -0.0145. The van der Waals surface area contributed by atoms with Gasteiger partial charge < -0.3 is 10.6 Å². The highest BCUT2D eigenvalue weighted by molar-refractivity contribution is 5.98. The van der Waals surface area contributed by atoms with Crippen LogP contribution in [0.3, 0.4) is 0 Å². The monoisotopic (exact) mass is 250 g/mol. The van der Waals surface area contributed by atoms with Crippen LogP contribution in [0, 0.1) is 5.92 Å². The molecule has 1 aromatic heterocycles. The molecule has 2 rings (SSSR count). The number of anilines is 1. The normalized spacial score (nSPS) is 23.9. The van der Waals surface area contributed by atoms with Crippen LogP contribution in [0.1, 0.15) is 43.0 Å². The summed E-state index contributed by atoms with van der Waals surface area (Å²) in [5, 5.41) is 4.03. The number of rotatable bonds is 2. The number of nitrogens with two attached hydrogens (primary N) is 1. The molecule has 0 saturated heterocycles. The molecule has 0 aliphatic heterocycles. The Labute approximate surface area is 108 Å². The number of aryl methyl sites for hydroxylation is 1. The summed E-state index contributed by atoms with van der Waals surface area (Å²) in [6.45, 7) is 2.22. The Balaban J connectivity index is 2.15. The van der Waals surface area contributed by atoms with Crippen LogP contribution in [0.5, 0.6) is 0 Å². The SMILES string of the molecule is CC1CCCCC1N(C)C(=O)c1cnn(C)c1N. The van der Waals surface area contributed by atoms with Crippen molar-refractivity contribution < 1.29 is 4.79 Å². The van der Waals surface area contributed by atoms with Crippen molar-refractivity contribution in [2.75, 3.05) is 12.8 Å². The van der Waals surface area contributed by atoms with Crippen molar-refractivity contribution in [3.05, 3.63) is 11.8 Å². The number of carbonyl (C=O) groups is 1. The van der Waals surface area contributed by atoms with Gasteiger partial charge in [0.05, 0.1) is 6.20 Å². The molecule has 1 fully saturated rings. The second-order valence-corrected chi connectivity index (χ2v) is 5.31. The summed E-state index contributed by atoms with van der Waals surface area (Å²) in [6.07, 6.45) is 6.32. The molecule has 1 aliphatic rings. The highest BCUT2D eigenvalue weighted by Crippen LogP contribution is 2.28. The molecular weight excluding hydrogens is 228 g/mol. The van der Waals surface area contributed by atoms with Gasteiger partial charge in [0.15, 0.2) is 0 Å². The molecule has 1 aromatic rings. The predicted molar refractivity (Wildman–Crippen MR) is 71.1 cm³/mol. The van der Waals surface area contributed by atoms with Crippen molar-refractivity contribution in [2.45, 2.75) is 38.6 Å². The highest BCUT2D eigenvalue weighted by atomic mass is 16.2. The van der Waals surface area contributed by atoms with E-state index < -0.39 is 0 Å². The van der Waals surface area contributed by atoms with E-state index in [0.717, 1.165) is 6.42 Å². The molecule has 2 N–H and O–H groups in total. The van der Waals surface area contributed by atoms with Crippen LogP contribution < -0.4 is 5.73 Å². The van der Waals surface area contributed by atoms with E-state index >= 15 is 0 Å². The average molecular weight is 250 g/mol. The highest BCUT2D eigenvalue weighted by Gasteiger charge is 2.29. The van der Waals surface area contributed by atoms with Crippen LogP contribution in [0.2, 0.25) is 0 Å². The van der Waals surface area contributed by atoms with Crippen LogP contribution in [-0.4, -0.2) is 33.7 Å². The van der Waals surface area contributed by atoms with Crippen LogP contribution in [-0.2, 0) is 7.05 Å². The number of nitrogens with zero attached hydrogens (tertiary/aromatic N) is 3. The van der Waals surface area contributed by atoms with Crippen molar-refractivity contribution in [2.24, 2.45) is 13.0 Å². The lowest BCUT2D eigenvalue weighted by atomic mass is 9.85. The summed E-state index contributed by atoms with van der Waals surface area (Å²) in [6, 6.07) is 0.325. The number of hydrogen-bond donors (Lipinski definition) is 1. The van der Waals surface area contributed by atoms with Crippen molar-refractivity contribution >= 4 is 11.7 Å². The lowest BCUT2D eigenvalue weighted by Gasteiger charge is -2.36. The van der Waals surface area contributed by atoms with Gasteiger partial charge in [0.2, 0.25) is 0 Å². The predicted octanol–water partition coefficient (Wildman–Crippen LogP) is 1.65. The zero-order chi connectivity index (χ0) is 13.3. The first-order valence-corrected chi connectivity index (χ1v) is 6.57. The van der Waals surface area contributed by atoms with E-state index in [1.54, 1.807) is 13.2 Å². The second kappa shape index (κ2) is 5.00. The Morgan fingerprint density at radius 3 is 2.72 bits per heavy atom. The maximum absolute atomic E-state index is 12.4. The van der Waals surface area contributed by atoms with Crippen molar-refractivity contribution in [3.8, 4) is 0 Å². The molecule has 0 aromatic carbocycles. The lowest BCUT2D eigenvalue weighted by molar-refractivity contribution is 0.0630. The molecule has 1 amide bonds. The van der Waals surface area contributed by atoms with Crippen molar-refractivity contribution in [1.82, 2.24) is 14.7 Å². The molecule has 5 heteroatoms. The van der Waals surface area contributed by atoms with E-state index in [0.29, 0.717) is 23.3 Å². The summed E-state index contributed by atoms with van der Waals surface area (Å²) >= 11 is 0. The maximum atomic E-state index is 12.4. The first-order valence-electron chi connectivity index (χ1n) is 6.57. The molecule has 1 saturated carbocycles. The topological polar surface area (TPSA) is 64.2 Å². The standard InChI is InChI=1S/C13H22N4O/c1-9-6-4-5-7-11(9)16(2)13(18)10-8-15-17(3)12(10)14/h8-9,11H,4-7,14H2,1-3H3. The quantitative estimate of drug-likeness (QED) is 0.868. The average Bonchev–Trinajstić information content (AvgIpc) is 2.69. The lowest BCUT2D eigenvalue weighted by Crippen LogP contribution is -2.42. The molecule has 0 spiro atoms. The van der Waals surface area contributed by atoms with E-state index in [1.165, 1.54) is 23.9 Å². The minimum absolute atomic E-state index is 0.0145. The Kier molecular flexibility index (Phi) is 3.59. The van der Waals surface area contributed by atoms with Gasteiger partial charge in [0, 0.05) is 20.1 Å². The smallest absolute Gasteiger partial charge is 0.259 e. The molecule has 0 bridgehead atoms. The molecule has 18 heavy (non-hydrogen) atoms. The number of hydrogen-bond acceptors (Lipinski definition) is 3. The zero-order valence-corrected chi connectivity index (χ0v) is 11.4. The first kappa shape index (κ1) is 12.9. The van der Waals surface area contributed by atoms with Gasteiger partial charge in [-0.05, 0) is 18.8 Å². The molecule has 1 heterocycles. The molecular formula is C13H22N4O. The third kappa shape index (κ3) is 2.21. The van der Waals surface area contributed by atoms with Crippen LogP contribution >= 0.6 is 0 Å². The van der Waals surface area contributed by atoms with Gasteiger partial charge in [0.25, 0.3) is 5.91 Å². The van der Waals surface area contributed by atoms with Gasteiger partial charge in [-0.1, -0.05) is 19.8 Å². The van der Waals surface area contributed by atoms with Crippen molar-refractivity contribution in [3.63, 3.8) is 0 Å². The molecule has 1 aliphatic carbocycles. The number of amides is 1. The molecule has 2 unspecified atom stereocenters. The minimum Gasteiger partial charge on any atom is -0.383 e. The van der Waals surface area contributed by atoms with E-state index in [4.69, 9.17) is 5.73 Å². The van der Waals surface area contributed by atoms with E-state index in [-0.39, 0.29) is 5.91 Å². The summed E-state index contributed by atoms with van der Waals surface area (Å²) < 4.78 is 1.53. The maximum Gasteiger partial charge on any atom is 0.259 e. The van der Waals surface area contributed by atoms with Gasteiger partial charge in [-0.3, -0.25) is 9.48 Å². The Morgan fingerprint density at radius 1 is 1.50 bits per heavy atom. The number of nitrogen functional groups attached to an aromatic ring is 1. The zero-order valence-electron chi connectivity index (χ0n) is 11.4. The third-order valence-corrected chi connectivity index (χ3v) is 4.10. The summed E-state index contributed by atoms with van der Waals surface area (Å²) in [5.41, 5.74) is 6.37. The van der Waals surface area contributed by atoms with Crippen LogP contribution in [0.25, 0.3) is 0 Å². The fraction of sp³-hybridized carbons (Fsp3) is 0.692. The molecule has 5 nitrogen and oxygen atoms in total. The Morgan fingerprint density at radius 2 is 2.17 bits per heavy atom. The second-order valence-electron chi connectivity index (χ2n) is 5.31. The molecule has 2 atom stereocenters. The molecule has 100 valence electrons. The largest absolute Gasteiger partial charge is 0.383 e. The van der Waals surface area contributed by atoms with Gasteiger partial charge in [-0.2, -0.15) is 5.10 Å². The van der Waals surface area contributed by atoms with E-state index in [9.17, 15) is 4.79 Å². The van der Waals surface area contributed by atoms with Gasteiger partial charge in [0.1, 0.15) is 11.4 Å². The van der Waals surface area contributed by atoms with Gasteiger partial charge >= 0.3 is 0 Å². The van der Waals surface area contributed by atoms with Gasteiger partial charge in [-0.25, -0.2) is 0 Å². The van der Waals surface area contributed by atoms with E-state index in [1.807, 2.05) is 11.9 Å². The Hall–Kier alpha value is -1.52. The number of aromatic nitrogens is 2. The summed E-state index contributed by atoms with van der Waals surface area (Å²) in [4.78, 5) is 14.3. The van der Waals surface area contributed by atoms with Crippen LogP contribution in [0.4, 0.5) is 5.82 Å². The fourth-order valence-corrected chi connectivity index (χ4v) is 2.82. The number of carbonyl (C=O) groups excluding carboxylic acids is 1. The van der Waals surface area contributed by atoms with E-state index in [2.05, 4.69) is 12.0 Å². The summed E-state index contributed by atoms with van der Waals surface area (Å²) in [7, 11) is 3.62. The van der Waals surface area contributed by atoms with Crippen molar-refractivity contribution in [1.29, 1.82) is 0 Å². The Bertz CT molecular complexity index is 440. The fourth-order valence-electron chi connectivity index (χ4n) is 2.82. The van der Waals surface area contributed by atoms with Crippen LogP contribution in [0.15, 0.2) is 6.20 Å². The third-order valence-electron chi connectivity index (χ3n) is 4.10. The first-order chi connectivity index (χ1) is 8.52. The summed E-state index contributed by atoms with van der Waals surface area (Å²) in [5.74, 6) is 0.986.